The molecule has 1 fully saturated rings. The number of aliphatic hydroxyl groups is 1. The third-order valence-corrected chi connectivity index (χ3v) is 2.64. The van der Waals surface area contributed by atoms with Gasteiger partial charge in [-0.15, -0.1) is 0 Å². The molecule has 0 spiro atoms. The van der Waals surface area contributed by atoms with Gasteiger partial charge in [0.25, 0.3) is 0 Å². The molecule has 1 aromatic heterocycles. The van der Waals surface area contributed by atoms with Crippen molar-refractivity contribution >= 4 is 0 Å². The van der Waals surface area contributed by atoms with Crippen molar-refractivity contribution in [2.75, 3.05) is 13.1 Å². The fourth-order valence-corrected chi connectivity index (χ4v) is 1.89. The van der Waals surface area contributed by atoms with Crippen LogP contribution in [0.4, 0.5) is 0 Å². The highest BCUT2D eigenvalue weighted by Gasteiger charge is 2.35. The Morgan fingerprint density at radius 3 is 3.15 bits per heavy atom. The van der Waals surface area contributed by atoms with Gasteiger partial charge in [0, 0.05) is 18.9 Å². The summed E-state index contributed by atoms with van der Waals surface area (Å²) >= 11 is 0. The molecule has 1 aliphatic heterocycles. The topological polar surface area (TPSA) is 50.1 Å². The van der Waals surface area contributed by atoms with Crippen LogP contribution in [0.2, 0.25) is 0 Å². The Morgan fingerprint density at radius 2 is 2.54 bits per heavy atom. The molecule has 13 heavy (non-hydrogen) atoms. The maximum absolute atomic E-state index is 10.1. The Morgan fingerprint density at radius 1 is 1.69 bits per heavy atom. The van der Waals surface area contributed by atoms with Crippen LogP contribution in [0.25, 0.3) is 0 Å². The molecule has 1 aliphatic rings. The van der Waals surface area contributed by atoms with Gasteiger partial charge in [-0.1, -0.05) is 0 Å². The molecule has 4 heteroatoms. The first-order chi connectivity index (χ1) is 6.20. The lowest BCUT2D eigenvalue weighted by Crippen LogP contribution is -2.50. The van der Waals surface area contributed by atoms with Crippen molar-refractivity contribution in [1.29, 1.82) is 0 Å². The van der Waals surface area contributed by atoms with Crippen molar-refractivity contribution in [3.8, 4) is 0 Å². The number of nitrogens with one attached hydrogen (secondary N) is 1. The van der Waals surface area contributed by atoms with Crippen LogP contribution in [0.3, 0.4) is 0 Å². The zero-order chi connectivity index (χ0) is 9.31. The molecule has 0 aliphatic carbocycles. The van der Waals surface area contributed by atoms with Crippen LogP contribution in [-0.4, -0.2) is 33.6 Å². The molecule has 0 amide bonds. The molecule has 2 atom stereocenters. The summed E-state index contributed by atoms with van der Waals surface area (Å²) in [4.78, 5) is 0. The van der Waals surface area contributed by atoms with E-state index in [4.69, 9.17) is 0 Å². The van der Waals surface area contributed by atoms with Gasteiger partial charge in [-0.25, -0.2) is 0 Å². The van der Waals surface area contributed by atoms with Gasteiger partial charge in [0.1, 0.15) is 0 Å². The van der Waals surface area contributed by atoms with E-state index in [1.165, 1.54) is 0 Å². The van der Waals surface area contributed by atoms with Gasteiger partial charge in [-0.05, 0) is 26.0 Å². The van der Waals surface area contributed by atoms with E-state index in [9.17, 15) is 5.11 Å². The lowest BCUT2D eigenvalue weighted by Gasteiger charge is -2.37. The molecule has 0 saturated carbocycles. The third kappa shape index (κ3) is 1.59. The number of hydrogen-bond acceptors (Lipinski definition) is 3. The number of rotatable bonds is 1. The van der Waals surface area contributed by atoms with Crippen molar-refractivity contribution in [1.82, 2.24) is 15.1 Å². The first-order valence-corrected chi connectivity index (χ1v) is 4.62. The molecule has 2 heterocycles. The van der Waals surface area contributed by atoms with Crippen molar-refractivity contribution in [2.45, 2.75) is 25.0 Å². The Bertz CT molecular complexity index is 268. The van der Waals surface area contributed by atoms with E-state index >= 15 is 0 Å². The lowest BCUT2D eigenvalue weighted by atomic mass is 9.90. The van der Waals surface area contributed by atoms with E-state index < -0.39 is 5.60 Å². The van der Waals surface area contributed by atoms with Gasteiger partial charge in [-0.2, -0.15) is 5.10 Å². The van der Waals surface area contributed by atoms with Crippen LogP contribution in [0, 0.1) is 0 Å². The minimum atomic E-state index is -0.690. The van der Waals surface area contributed by atoms with Gasteiger partial charge in [0.05, 0.1) is 11.6 Å². The molecule has 72 valence electrons. The van der Waals surface area contributed by atoms with Crippen LogP contribution >= 0.6 is 0 Å². The maximum Gasteiger partial charge on any atom is 0.0966 e. The molecule has 0 bridgehead atoms. The second kappa shape index (κ2) is 3.12. The van der Waals surface area contributed by atoms with Crippen LogP contribution < -0.4 is 5.32 Å². The average Bonchev–Trinajstić information content (AvgIpc) is 2.55. The molecule has 2 N–H and O–H groups in total. The second-order valence-electron chi connectivity index (χ2n) is 3.82. The quantitative estimate of drug-likeness (QED) is 0.649. The molecular weight excluding hydrogens is 166 g/mol. The van der Waals surface area contributed by atoms with Crippen LogP contribution in [0.1, 0.15) is 19.4 Å². The summed E-state index contributed by atoms with van der Waals surface area (Å²) in [6, 6.07) is 1.99. The van der Waals surface area contributed by atoms with Crippen molar-refractivity contribution in [3.63, 3.8) is 0 Å². The minimum absolute atomic E-state index is 0.101. The standard InChI is InChI=1S/C9H15N3O/c1-9(13)7-10-5-3-8(9)12-6-2-4-11-12/h2,4,6,8,10,13H,3,5,7H2,1H3. The van der Waals surface area contributed by atoms with E-state index in [0.717, 1.165) is 13.0 Å². The van der Waals surface area contributed by atoms with E-state index in [-0.39, 0.29) is 6.04 Å². The number of aromatic nitrogens is 2. The predicted molar refractivity (Wildman–Crippen MR) is 49.4 cm³/mol. The number of β-amino-alcohol motifs (C(OH)–C–C–N with tert-alkyl or cyclic N) is 1. The van der Waals surface area contributed by atoms with Crippen LogP contribution in [0.5, 0.6) is 0 Å². The normalized spacial score (nSPS) is 34.8. The molecule has 2 rings (SSSR count). The third-order valence-electron chi connectivity index (χ3n) is 2.64. The SMILES string of the molecule is CC1(O)CNCCC1n1cccn1. The van der Waals surface area contributed by atoms with E-state index in [1.807, 2.05) is 23.9 Å². The molecule has 0 aromatic carbocycles. The zero-order valence-corrected chi connectivity index (χ0v) is 7.77. The van der Waals surface area contributed by atoms with Crippen molar-refractivity contribution in [3.05, 3.63) is 18.5 Å². The molecule has 0 radical (unpaired) electrons. The summed E-state index contributed by atoms with van der Waals surface area (Å²) in [7, 11) is 0. The van der Waals surface area contributed by atoms with Gasteiger partial charge in [0.15, 0.2) is 0 Å². The summed E-state index contributed by atoms with van der Waals surface area (Å²) in [6.45, 7) is 3.43. The maximum atomic E-state index is 10.1. The highest BCUT2D eigenvalue weighted by Crippen LogP contribution is 2.27. The molecule has 4 nitrogen and oxygen atoms in total. The highest BCUT2D eigenvalue weighted by atomic mass is 16.3. The average molecular weight is 181 g/mol. The van der Waals surface area contributed by atoms with Crippen molar-refractivity contribution in [2.24, 2.45) is 0 Å². The second-order valence-corrected chi connectivity index (χ2v) is 3.82. The summed E-state index contributed by atoms with van der Waals surface area (Å²) in [5.74, 6) is 0. The molecule has 1 saturated heterocycles. The van der Waals surface area contributed by atoms with Crippen LogP contribution in [0.15, 0.2) is 18.5 Å². The predicted octanol–water partition coefficient (Wildman–Crippen LogP) is 0.168. The summed E-state index contributed by atoms with van der Waals surface area (Å²) in [6.07, 6.45) is 4.58. The number of hydrogen-bond donors (Lipinski definition) is 2. The summed E-state index contributed by atoms with van der Waals surface area (Å²) < 4.78 is 1.85. The van der Waals surface area contributed by atoms with Gasteiger partial charge < -0.3 is 10.4 Å². The Hall–Kier alpha value is -0.870. The number of piperidine rings is 1. The van der Waals surface area contributed by atoms with Crippen LogP contribution in [-0.2, 0) is 0 Å². The number of nitrogens with zero attached hydrogens (tertiary/aromatic N) is 2. The fourth-order valence-electron chi connectivity index (χ4n) is 1.89. The summed E-state index contributed by atoms with van der Waals surface area (Å²) in [5.41, 5.74) is -0.690. The van der Waals surface area contributed by atoms with E-state index in [2.05, 4.69) is 10.4 Å². The first-order valence-electron chi connectivity index (χ1n) is 4.62. The Labute approximate surface area is 77.6 Å². The first kappa shape index (κ1) is 8.72. The lowest BCUT2D eigenvalue weighted by molar-refractivity contribution is -0.0173. The minimum Gasteiger partial charge on any atom is -0.387 e. The smallest absolute Gasteiger partial charge is 0.0966 e. The Kier molecular flexibility index (Phi) is 2.09. The largest absolute Gasteiger partial charge is 0.387 e. The molecule has 2 unspecified atom stereocenters. The summed E-state index contributed by atoms with van der Waals surface area (Å²) in [5, 5.41) is 17.4. The highest BCUT2D eigenvalue weighted by molar-refractivity contribution is 4.94. The van der Waals surface area contributed by atoms with Gasteiger partial charge in [0.2, 0.25) is 0 Å². The zero-order valence-electron chi connectivity index (χ0n) is 7.77. The monoisotopic (exact) mass is 181 g/mol. The molecule has 1 aromatic rings. The van der Waals surface area contributed by atoms with Gasteiger partial charge in [-0.3, -0.25) is 4.68 Å². The fraction of sp³-hybridized carbons (Fsp3) is 0.667. The van der Waals surface area contributed by atoms with Crippen molar-refractivity contribution < 1.29 is 5.11 Å². The van der Waals surface area contributed by atoms with Gasteiger partial charge >= 0.3 is 0 Å². The van der Waals surface area contributed by atoms with E-state index in [1.54, 1.807) is 6.20 Å². The Balaban J connectivity index is 2.21. The van der Waals surface area contributed by atoms with E-state index in [0.29, 0.717) is 6.54 Å². The molecular formula is C9H15N3O.